The number of nitrogens with one attached hydrogen (secondary N) is 1. The van der Waals surface area contributed by atoms with E-state index in [1.807, 2.05) is 24.3 Å². The average molecular weight is 374 g/mol. The fraction of sp³-hybridized carbons (Fsp3) is 0.292. The van der Waals surface area contributed by atoms with Crippen molar-refractivity contribution in [3.05, 3.63) is 71.9 Å². The van der Waals surface area contributed by atoms with E-state index in [-0.39, 0.29) is 0 Å². The number of anilines is 1. The van der Waals surface area contributed by atoms with Gasteiger partial charge in [-0.3, -0.25) is 4.79 Å². The summed E-state index contributed by atoms with van der Waals surface area (Å²) in [6.07, 6.45) is 8.10. The number of nitrogens with two attached hydrogens (primary N) is 1. The lowest BCUT2D eigenvalue weighted by atomic mass is 9.95. The van der Waals surface area contributed by atoms with Gasteiger partial charge in [0.25, 0.3) is 5.91 Å². The van der Waals surface area contributed by atoms with Crippen LogP contribution < -0.4 is 11.1 Å². The van der Waals surface area contributed by atoms with Crippen molar-refractivity contribution in [3.8, 4) is 16.9 Å². The van der Waals surface area contributed by atoms with Crippen LogP contribution in [0.5, 0.6) is 0 Å². The van der Waals surface area contributed by atoms with Crippen LogP contribution in [0.25, 0.3) is 16.9 Å². The first-order valence-corrected chi connectivity index (χ1v) is 10.1. The minimum atomic E-state index is -0.392. The Labute approximate surface area is 166 Å². The number of rotatable bonds is 5. The van der Waals surface area contributed by atoms with Crippen LogP contribution in [0.1, 0.15) is 48.0 Å². The first-order chi connectivity index (χ1) is 13.6. The molecule has 1 aromatic heterocycles. The van der Waals surface area contributed by atoms with Gasteiger partial charge in [-0.25, -0.2) is 0 Å². The summed E-state index contributed by atoms with van der Waals surface area (Å²) in [6.45, 7) is 2.09. The van der Waals surface area contributed by atoms with E-state index in [9.17, 15) is 4.79 Å². The van der Waals surface area contributed by atoms with Crippen LogP contribution in [-0.4, -0.2) is 16.5 Å². The monoisotopic (exact) mass is 373 g/mol. The summed E-state index contributed by atoms with van der Waals surface area (Å²) in [5.74, 6) is -0.392. The molecule has 1 aliphatic rings. The summed E-state index contributed by atoms with van der Waals surface area (Å²) in [5.41, 5.74) is 11.6. The summed E-state index contributed by atoms with van der Waals surface area (Å²) in [7, 11) is 0. The molecule has 4 heteroatoms. The van der Waals surface area contributed by atoms with Crippen molar-refractivity contribution in [2.75, 3.05) is 5.32 Å². The van der Waals surface area contributed by atoms with Crippen molar-refractivity contribution < 1.29 is 4.79 Å². The van der Waals surface area contributed by atoms with E-state index in [2.05, 4.69) is 53.3 Å². The molecule has 3 aromatic rings. The standard InChI is InChI=1S/C24H27N3O/c1-17-9-11-18(12-10-17)23-8-5-15-27(23)20-13-14-21(24(25)28)22(16-20)26-19-6-3-2-4-7-19/h5,8-16,19,26H,2-4,6-7H2,1H3,(H2,25,28). The van der Waals surface area contributed by atoms with Crippen molar-refractivity contribution in [3.63, 3.8) is 0 Å². The van der Waals surface area contributed by atoms with E-state index in [0.717, 1.165) is 35.5 Å². The second-order valence-electron chi connectivity index (χ2n) is 7.70. The zero-order valence-corrected chi connectivity index (χ0v) is 16.3. The highest BCUT2D eigenvalue weighted by atomic mass is 16.1. The second-order valence-corrected chi connectivity index (χ2v) is 7.70. The zero-order valence-electron chi connectivity index (χ0n) is 16.3. The third-order valence-corrected chi connectivity index (χ3v) is 5.61. The molecule has 4 nitrogen and oxygen atoms in total. The van der Waals surface area contributed by atoms with Crippen LogP contribution in [-0.2, 0) is 0 Å². The van der Waals surface area contributed by atoms with E-state index in [4.69, 9.17) is 5.73 Å². The van der Waals surface area contributed by atoms with Gasteiger partial charge in [0.05, 0.1) is 11.3 Å². The molecular weight excluding hydrogens is 346 g/mol. The minimum absolute atomic E-state index is 0.392. The Morgan fingerprint density at radius 2 is 1.79 bits per heavy atom. The molecule has 2 aromatic carbocycles. The number of amides is 1. The van der Waals surface area contributed by atoms with Gasteiger partial charge in [-0.1, -0.05) is 49.1 Å². The fourth-order valence-electron chi connectivity index (χ4n) is 4.05. The average Bonchev–Trinajstić information content (AvgIpc) is 3.19. The Morgan fingerprint density at radius 3 is 2.50 bits per heavy atom. The summed E-state index contributed by atoms with van der Waals surface area (Å²) < 4.78 is 2.15. The molecule has 144 valence electrons. The number of benzene rings is 2. The van der Waals surface area contributed by atoms with Gasteiger partial charge in [-0.2, -0.15) is 0 Å². The Bertz CT molecular complexity index is 966. The van der Waals surface area contributed by atoms with Crippen LogP contribution >= 0.6 is 0 Å². The van der Waals surface area contributed by atoms with Crippen LogP contribution in [0.4, 0.5) is 5.69 Å². The normalized spacial score (nSPS) is 14.8. The fourth-order valence-corrected chi connectivity index (χ4v) is 4.05. The summed E-state index contributed by atoms with van der Waals surface area (Å²) in [6, 6.07) is 18.9. The molecule has 1 saturated carbocycles. The van der Waals surface area contributed by atoms with E-state index < -0.39 is 5.91 Å². The maximum atomic E-state index is 12.0. The summed E-state index contributed by atoms with van der Waals surface area (Å²) in [5, 5.41) is 3.59. The minimum Gasteiger partial charge on any atom is -0.382 e. The second kappa shape index (κ2) is 7.93. The lowest BCUT2D eigenvalue weighted by Crippen LogP contribution is -2.24. The van der Waals surface area contributed by atoms with Crippen LogP contribution in [0.3, 0.4) is 0 Å². The molecule has 0 aliphatic heterocycles. The van der Waals surface area contributed by atoms with Crippen molar-refractivity contribution in [1.29, 1.82) is 0 Å². The van der Waals surface area contributed by atoms with Gasteiger partial charge in [0.15, 0.2) is 0 Å². The highest BCUT2D eigenvalue weighted by Gasteiger charge is 2.17. The third-order valence-electron chi connectivity index (χ3n) is 5.61. The predicted octanol–water partition coefficient (Wildman–Crippen LogP) is 5.30. The maximum absolute atomic E-state index is 12.0. The number of hydrogen-bond donors (Lipinski definition) is 2. The van der Waals surface area contributed by atoms with E-state index in [0.29, 0.717) is 11.6 Å². The molecule has 3 N–H and O–H groups in total. The van der Waals surface area contributed by atoms with Crippen LogP contribution in [0.15, 0.2) is 60.8 Å². The van der Waals surface area contributed by atoms with Gasteiger partial charge in [-0.15, -0.1) is 0 Å². The molecule has 4 rings (SSSR count). The molecule has 1 heterocycles. The number of primary amides is 1. The quantitative estimate of drug-likeness (QED) is 0.638. The molecule has 1 fully saturated rings. The smallest absolute Gasteiger partial charge is 0.250 e. The molecule has 0 spiro atoms. The van der Waals surface area contributed by atoms with Crippen LogP contribution in [0.2, 0.25) is 0 Å². The van der Waals surface area contributed by atoms with Crippen LogP contribution in [0, 0.1) is 6.92 Å². The molecule has 0 unspecified atom stereocenters. The first-order valence-electron chi connectivity index (χ1n) is 10.1. The lowest BCUT2D eigenvalue weighted by molar-refractivity contribution is 0.100. The van der Waals surface area contributed by atoms with Crippen molar-refractivity contribution >= 4 is 11.6 Å². The van der Waals surface area contributed by atoms with Gasteiger partial charge < -0.3 is 15.6 Å². The highest BCUT2D eigenvalue weighted by Crippen LogP contribution is 2.29. The maximum Gasteiger partial charge on any atom is 0.250 e. The molecule has 1 aliphatic carbocycles. The Kier molecular flexibility index (Phi) is 5.20. The number of nitrogens with zero attached hydrogens (tertiary/aromatic N) is 1. The third kappa shape index (κ3) is 3.81. The molecule has 1 amide bonds. The largest absolute Gasteiger partial charge is 0.382 e. The Balaban J connectivity index is 1.71. The number of hydrogen-bond acceptors (Lipinski definition) is 2. The Hall–Kier alpha value is -3.01. The Morgan fingerprint density at radius 1 is 1.04 bits per heavy atom. The molecule has 0 radical (unpaired) electrons. The number of carbonyl (C=O) groups excluding carboxylic acids is 1. The number of aryl methyl sites for hydroxylation is 1. The molecular formula is C24H27N3O. The van der Waals surface area contributed by atoms with Gasteiger partial charge in [0.1, 0.15) is 0 Å². The summed E-state index contributed by atoms with van der Waals surface area (Å²) >= 11 is 0. The number of carbonyl (C=O) groups is 1. The van der Waals surface area contributed by atoms with Crippen molar-refractivity contribution in [2.24, 2.45) is 5.73 Å². The number of aromatic nitrogens is 1. The SMILES string of the molecule is Cc1ccc(-c2cccn2-c2ccc(C(N)=O)c(NC3CCCCC3)c2)cc1. The molecule has 0 bridgehead atoms. The van der Waals surface area contributed by atoms with Gasteiger partial charge in [-0.05, 0) is 55.7 Å². The van der Waals surface area contributed by atoms with Crippen molar-refractivity contribution in [2.45, 2.75) is 45.1 Å². The van der Waals surface area contributed by atoms with Gasteiger partial charge in [0.2, 0.25) is 0 Å². The molecule has 0 saturated heterocycles. The van der Waals surface area contributed by atoms with E-state index >= 15 is 0 Å². The van der Waals surface area contributed by atoms with Crippen molar-refractivity contribution in [1.82, 2.24) is 4.57 Å². The predicted molar refractivity (Wildman–Crippen MR) is 115 cm³/mol. The lowest BCUT2D eigenvalue weighted by Gasteiger charge is -2.25. The first kappa shape index (κ1) is 18.4. The molecule has 0 atom stereocenters. The highest BCUT2D eigenvalue weighted by molar-refractivity contribution is 5.99. The van der Waals surface area contributed by atoms with E-state index in [1.165, 1.54) is 24.8 Å². The van der Waals surface area contributed by atoms with Gasteiger partial charge >= 0.3 is 0 Å². The summed E-state index contributed by atoms with van der Waals surface area (Å²) in [4.78, 5) is 12.0. The molecule has 28 heavy (non-hydrogen) atoms. The topological polar surface area (TPSA) is 60.0 Å². The van der Waals surface area contributed by atoms with E-state index in [1.54, 1.807) is 0 Å². The zero-order chi connectivity index (χ0) is 19.5. The van der Waals surface area contributed by atoms with Gasteiger partial charge in [0, 0.05) is 23.6 Å².